The third-order valence-electron chi connectivity index (χ3n) is 5.55. The molecule has 1 aliphatic heterocycles. The van der Waals surface area contributed by atoms with Crippen LogP contribution in [0.25, 0.3) is 5.78 Å². The van der Waals surface area contributed by atoms with E-state index in [2.05, 4.69) is 31.9 Å². The second kappa shape index (κ2) is 6.41. The molecule has 6 nitrogen and oxygen atoms in total. The van der Waals surface area contributed by atoms with Gasteiger partial charge >= 0.3 is 0 Å². The maximum atomic E-state index is 12.9. The molecule has 27 heavy (non-hydrogen) atoms. The van der Waals surface area contributed by atoms with Crippen molar-refractivity contribution in [1.82, 2.24) is 19.4 Å². The first-order chi connectivity index (χ1) is 13.1. The molecule has 0 unspecified atom stereocenters. The molecule has 3 aromatic rings. The van der Waals surface area contributed by atoms with E-state index in [0.29, 0.717) is 5.78 Å². The van der Waals surface area contributed by atoms with E-state index in [1.54, 1.807) is 4.40 Å². The number of halogens is 1. The fourth-order valence-electron chi connectivity index (χ4n) is 4.18. The van der Waals surface area contributed by atoms with Crippen molar-refractivity contribution >= 4 is 27.5 Å². The van der Waals surface area contributed by atoms with E-state index in [-0.39, 0.29) is 5.56 Å². The van der Waals surface area contributed by atoms with E-state index < -0.39 is 0 Å². The summed E-state index contributed by atoms with van der Waals surface area (Å²) < 4.78 is 2.62. The van der Waals surface area contributed by atoms with Crippen molar-refractivity contribution < 1.29 is 0 Å². The van der Waals surface area contributed by atoms with E-state index >= 15 is 0 Å². The van der Waals surface area contributed by atoms with Crippen LogP contribution in [0.15, 0.2) is 27.7 Å². The molecule has 0 saturated heterocycles. The third-order valence-corrected chi connectivity index (χ3v) is 5.99. The van der Waals surface area contributed by atoms with Crippen LogP contribution in [0.1, 0.15) is 40.9 Å². The van der Waals surface area contributed by atoms with Gasteiger partial charge in [-0.1, -0.05) is 0 Å². The molecule has 0 saturated carbocycles. The Bertz CT molecular complexity index is 1120. The first-order valence-electron chi connectivity index (χ1n) is 9.40. The molecular weight excluding hydrogens is 406 g/mol. The Morgan fingerprint density at radius 2 is 1.96 bits per heavy atom. The average Bonchev–Trinajstić information content (AvgIpc) is 2.68. The van der Waals surface area contributed by atoms with Gasteiger partial charge in [-0.2, -0.15) is 4.98 Å². The summed E-state index contributed by atoms with van der Waals surface area (Å²) >= 11 is 3.51. The van der Waals surface area contributed by atoms with Crippen LogP contribution in [-0.4, -0.2) is 25.9 Å². The minimum atomic E-state index is 0.0500. The van der Waals surface area contributed by atoms with Crippen molar-refractivity contribution in [2.24, 2.45) is 0 Å². The number of aryl methyl sites for hydroxylation is 2. The summed E-state index contributed by atoms with van der Waals surface area (Å²) in [5.74, 6) is 1.42. The van der Waals surface area contributed by atoms with Gasteiger partial charge in [-0.05, 0) is 60.2 Å². The highest BCUT2D eigenvalue weighted by molar-refractivity contribution is 9.10. The van der Waals surface area contributed by atoms with E-state index in [1.165, 1.54) is 5.56 Å². The average molecular weight is 426 g/mol. The smallest absolute Gasteiger partial charge is 0.262 e. The predicted octanol–water partition coefficient (Wildman–Crippen LogP) is 3.00. The number of rotatable bonds is 1. The Kier molecular flexibility index (Phi) is 4.00. The fraction of sp³-hybridized carbons (Fsp3) is 0.400. The lowest BCUT2D eigenvalue weighted by molar-refractivity contribution is 0.652. The Morgan fingerprint density at radius 3 is 2.85 bits per heavy atom. The largest absolute Gasteiger partial charge is 0.351 e. The highest BCUT2D eigenvalue weighted by Gasteiger charge is 2.22. The summed E-state index contributed by atoms with van der Waals surface area (Å²) in [5.41, 5.74) is 5.22. The summed E-state index contributed by atoms with van der Waals surface area (Å²) in [4.78, 5) is 29.2. The van der Waals surface area contributed by atoms with Crippen molar-refractivity contribution in [3.63, 3.8) is 0 Å². The molecule has 3 aromatic heterocycles. The topological polar surface area (TPSA) is 63.4 Å². The van der Waals surface area contributed by atoms with Crippen molar-refractivity contribution in [1.29, 1.82) is 0 Å². The number of anilines is 1. The number of aromatic nitrogens is 4. The summed E-state index contributed by atoms with van der Waals surface area (Å²) in [6, 6.07) is 2.13. The second-order valence-electron chi connectivity index (χ2n) is 7.40. The highest BCUT2D eigenvalue weighted by Crippen LogP contribution is 2.27. The van der Waals surface area contributed by atoms with Gasteiger partial charge in [0.25, 0.3) is 5.56 Å². The second-order valence-corrected chi connectivity index (χ2v) is 8.31. The summed E-state index contributed by atoms with van der Waals surface area (Å²) in [6.07, 6.45) is 8.51. The number of hydrogen-bond acceptors (Lipinski definition) is 5. The molecule has 0 spiro atoms. The summed E-state index contributed by atoms with van der Waals surface area (Å²) in [6.45, 7) is 3.64. The van der Waals surface area contributed by atoms with Crippen LogP contribution in [0.4, 0.5) is 5.82 Å². The van der Waals surface area contributed by atoms with Crippen LogP contribution < -0.4 is 10.5 Å². The Labute approximate surface area is 165 Å². The molecular formula is C20H20BrN5O. The van der Waals surface area contributed by atoms with Crippen molar-refractivity contribution in [3.05, 3.63) is 61.4 Å². The third kappa shape index (κ3) is 2.84. The SMILES string of the molecule is Cc1cn2c(=O)c3c(nc2nc1N1CCc2ncc(Br)cc2C1)CCCC3. The van der Waals surface area contributed by atoms with E-state index in [0.717, 1.165) is 78.0 Å². The van der Waals surface area contributed by atoms with E-state index in [4.69, 9.17) is 9.97 Å². The zero-order valence-electron chi connectivity index (χ0n) is 15.2. The van der Waals surface area contributed by atoms with Crippen LogP contribution in [-0.2, 0) is 25.8 Å². The maximum absolute atomic E-state index is 12.9. The van der Waals surface area contributed by atoms with Gasteiger partial charge in [0, 0.05) is 53.2 Å². The van der Waals surface area contributed by atoms with Crippen LogP contribution in [0.3, 0.4) is 0 Å². The van der Waals surface area contributed by atoms with Gasteiger partial charge < -0.3 is 4.90 Å². The number of hydrogen-bond donors (Lipinski definition) is 0. The molecule has 0 atom stereocenters. The lowest BCUT2D eigenvalue weighted by Gasteiger charge is -2.30. The summed E-state index contributed by atoms with van der Waals surface area (Å²) in [5, 5.41) is 0. The molecule has 0 bridgehead atoms. The molecule has 4 heterocycles. The van der Waals surface area contributed by atoms with Gasteiger partial charge in [0.1, 0.15) is 5.82 Å². The van der Waals surface area contributed by atoms with Crippen LogP contribution in [0.2, 0.25) is 0 Å². The van der Waals surface area contributed by atoms with Crippen molar-refractivity contribution in [2.75, 3.05) is 11.4 Å². The van der Waals surface area contributed by atoms with E-state index in [9.17, 15) is 4.79 Å². The molecule has 138 valence electrons. The van der Waals surface area contributed by atoms with Crippen molar-refractivity contribution in [3.8, 4) is 0 Å². The number of nitrogens with zero attached hydrogens (tertiary/aromatic N) is 5. The molecule has 7 heteroatoms. The molecule has 1 aliphatic carbocycles. The lowest BCUT2D eigenvalue weighted by Crippen LogP contribution is -2.33. The van der Waals surface area contributed by atoms with Crippen LogP contribution in [0.5, 0.6) is 0 Å². The Hall–Kier alpha value is -2.28. The maximum Gasteiger partial charge on any atom is 0.262 e. The first-order valence-corrected chi connectivity index (χ1v) is 10.2. The lowest BCUT2D eigenvalue weighted by atomic mass is 9.97. The predicted molar refractivity (Wildman–Crippen MR) is 107 cm³/mol. The first kappa shape index (κ1) is 16.9. The van der Waals surface area contributed by atoms with Crippen molar-refractivity contribution in [2.45, 2.75) is 45.6 Å². The van der Waals surface area contributed by atoms with Gasteiger partial charge in [-0.15, -0.1) is 0 Å². The number of fused-ring (bicyclic) bond motifs is 3. The fourth-order valence-corrected chi connectivity index (χ4v) is 4.56. The molecule has 0 aromatic carbocycles. The monoisotopic (exact) mass is 425 g/mol. The molecule has 0 radical (unpaired) electrons. The van der Waals surface area contributed by atoms with Crippen LogP contribution >= 0.6 is 15.9 Å². The Morgan fingerprint density at radius 1 is 1.11 bits per heavy atom. The van der Waals surface area contributed by atoms with Gasteiger partial charge in [-0.3, -0.25) is 14.2 Å². The van der Waals surface area contributed by atoms with Gasteiger partial charge in [-0.25, -0.2) is 4.98 Å². The van der Waals surface area contributed by atoms with Gasteiger partial charge in [0.15, 0.2) is 0 Å². The standard InChI is InChI=1S/C20H20BrN5O/c1-12-10-26-19(27)15-4-2-3-5-17(15)23-20(26)24-18(12)25-7-6-16-13(11-25)8-14(21)9-22-16/h8-10H,2-7,11H2,1H3. The van der Waals surface area contributed by atoms with E-state index in [1.807, 2.05) is 19.3 Å². The van der Waals surface area contributed by atoms with Gasteiger partial charge in [0.2, 0.25) is 5.78 Å². The zero-order chi connectivity index (χ0) is 18.5. The molecule has 0 N–H and O–H groups in total. The quantitative estimate of drug-likeness (QED) is 0.599. The molecule has 0 fully saturated rings. The molecule has 5 rings (SSSR count). The van der Waals surface area contributed by atoms with Crippen LogP contribution in [0, 0.1) is 6.92 Å². The highest BCUT2D eigenvalue weighted by atomic mass is 79.9. The minimum absolute atomic E-state index is 0.0500. The zero-order valence-corrected chi connectivity index (χ0v) is 16.8. The number of pyridine rings is 1. The minimum Gasteiger partial charge on any atom is -0.351 e. The normalized spacial score (nSPS) is 16.3. The molecule has 2 aliphatic rings. The molecule has 0 amide bonds. The van der Waals surface area contributed by atoms with Gasteiger partial charge in [0.05, 0.1) is 5.69 Å². The summed E-state index contributed by atoms with van der Waals surface area (Å²) in [7, 11) is 0. The Balaban J connectivity index is 1.60.